The molecule has 1 atom stereocenters. The van der Waals surface area contributed by atoms with Crippen LogP contribution >= 0.6 is 22.9 Å². The summed E-state index contributed by atoms with van der Waals surface area (Å²) in [5, 5.41) is 12.2. The molecule has 0 spiro atoms. The first-order chi connectivity index (χ1) is 13.4. The maximum Gasteiger partial charge on any atom is 0.307 e. The van der Waals surface area contributed by atoms with Crippen molar-refractivity contribution in [2.24, 2.45) is 21.6 Å². The Hall–Kier alpha value is -2.38. The fraction of sp³-hybridized carbons (Fsp3) is 0.350. The number of nitrogens with one attached hydrogen (secondary N) is 1. The summed E-state index contributed by atoms with van der Waals surface area (Å²) in [6.07, 6.45) is 2.81. The number of carboxylic acid groups (broad SMARTS) is 1. The molecular formula is C20H23ClN4O2S. The van der Waals surface area contributed by atoms with Gasteiger partial charge in [-0.25, -0.2) is 9.98 Å². The Morgan fingerprint density at radius 1 is 1.32 bits per heavy atom. The maximum atomic E-state index is 10.8. The van der Waals surface area contributed by atoms with Crippen molar-refractivity contribution in [2.75, 3.05) is 5.32 Å². The number of nitrogens with two attached hydrogens (primary N) is 1. The average molecular weight is 419 g/mol. The van der Waals surface area contributed by atoms with Gasteiger partial charge in [-0.05, 0) is 49.1 Å². The van der Waals surface area contributed by atoms with E-state index in [9.17, 15) is 4.79 Å². The van der Waals surface area contributed by atoms with Gasteiger partial charge < -0.3 is 16.2 Å². The smallest absolute Gasteiger partial charge is 0.307 e. The van der Waals surface area contributed by atoms with Gasteiger partial charge in [0.25, 0.3) is 0 Å². The number of nitrogens with zero attached hydrogens (tertiary/aromatic N) is 2. The standard InChI is InChI=1S/C20H23ClN4O2S/c1-2-17(23-14-7-3-12(4-8-14)11-18(26)27)24-20(13-5-6-13)25-19(22)15-9-10-16(21)28-15/h3-4,7-10,13,17,23H,2,5-6,11H2,1H3,(H,26,27)(H2,22,24,25). The molecule has 0 saturated heterocycles. The number of rotatable bonds is 8. The number of thiophene rings is 1. The minimum absolute atomic E-state index is 0.0161. The fourth-order valence-electron chi connectivity index (χ4n) is 2.67. The number of carboxylic acids is 1. The fourth-order valence-corrected chi connectivity index (χ4v) is 3.61. The molecule has 6 nitrogen and oxygen atoms in total. The largest absolute Gasteiger partial charge is 0.481 e. The van der Waals surface area contributed by atoms with Crippen LogP contribution < -0.4 is 11.1 Å². The highest BCUT2D eigenvalue weighted by molar-refractivity contribution is 7.18. The number of hydrogen-bond acceptors (Lipinski definition) is 4. The molecule has 1 aliphatic rings. The Balaban J connectivity index is 1.74. The number of halogens is 1. The molecule has 0 bridgehead atoms. The van der Waals surface area contributed by atoms with Gasteiger partial charge in [-0.2, -0.15) is 0 Å². The average Bonchev–Trinajstić information content (AvgIpc) is 3.42. The van der Waals surface area contributed by atoms with Crippen LogP contribution in [0, 0.1) is 5.92 Å². The first-order valence-electron chi connectivity index (χ1n) is 9.19. The minimum Gasteiger partial charge on any atom is -0.481 e. The first kappa shape index (κ1) is 20.4. The van der Waals surface area contributed by atoms with E-state index in [0.717, 1.165) is 41.2 Å². The molecule has 0 amide bonds. The van der Waals surface area contributed by atoms with Crippen LogP contribution in [0.15, 0.2) is 46.4 Å². The molecule has 4 N–H and O–H groups in total. The van der Waals surface area contributed by atoms with Gasteiger partial charge in [0, 0.05) is 11.6 Å². The molecule has 0 radical (unpaired) electrons. The molecule has 1 fully saturated rings. The molecule has 1 heterocycles. The number of hydrogen-bond donors (Lipinski definition) is 3. The normalized spacial score (nSPS) is 16.1. The van der Waals surface area contributed by atoms with Crippen LogP contribution in [-0.2, 0) is 11.2 Å². The van der Waals surface area contributed by atoms with Gasteiger partial charge in [-0.3, -0.25) is 4.79 Å². The molecule has 1 saturated carbocycles. The van der Waals surface area contributed by atoms with Gasteiger partial charge in [-0.15, -0.1) is 11.3 Å². The van der Waals surface area contributed by atoms with Gasteiger partial charge in [-0.1, -0.05) is 30.7 Å². The summed E-state index contributed by atoms with van der Waals surface area (Å²) in [5.74, 6) is 0.718. The van der Waals surface area contributed by atoms with Gasteiger partial charge in [0.05, 0.1) is 15.6 Å². The molecule has 1 aromatic carbocycles. The summed E-state index contributed by atoms with van der Waals surface area (Å²) in [6, 6.07) is 11.0. The first-order valence-corrected chi connectivity index (χ1v) is 10.4. The zero-order chi connectivity index (χ0) is 20.1. The Kier molecular flexibility index (Phi) is 6.70. The number of amidine groups is 2. The van der Waals surface area contributed by atoms with Crippen LogP contribution in [0.1, 0.15) is 36.6 Å². The Bertz CT molecular complexity index is 888. The highest BCUT2D eigenvalue weighted by atomic mass is 35.5. The second-order valence-corrected chi connectivity index (χ2v) is 8.41. The third-order valence-electron chi connectivity index (χ3n) is 4.32. The van der Waals surface area contributed by atoms with Crippen molar-refractivity contribution >= 4 is 46.3 Å². The molecule has 28 heavy (non-hydrogen) atoms. The van der Waals surface area contributed by atoms with E-state index in [1.807, 2.05) is 36.4 Å². The van der Waals surface area contributed by atoms with Crippen LogP contribution in [0.2, 0.25) is 4.34 Å². The summed E-state index contributed by atoms with van der Waals surface area (Å²) >= 11 is 7.39. The van der Waals surface area contributed by atoms with Crippen molar-refractivity contribution in [1.29, 1.82) is 0 Å². The van der Waals surface area contributed by atoms with E-state index in [4.69, 9.17) is 27.4 Å². The molecule has 0 aliphatic heterocycles. The maximum absolute atomic E-state index is 10.8. The number of aliphatic carboxylic acids is 1. The highest BCUT2D eigenvalue weighted by Gasteiger charge is 2.28. The van der Waals surface area contributed by atoms with Crippen molar-refractivity contribution < 1.29 is 9.90 Å². The quantitative estimate of drug-likeness (QED) is 0.437. The summed E-state index contributed by atoms with van der Waals surface area (Å²) in [4.78, 5) is 21.0. The van der Waals surface area contributed by atoms with E-state index >= 15 is 0 Å². The topological polar surface area (TPSA) is 100 Å². The van der Waals surface area contributed by atoms with E-state index in [2.05, 4.69) is 17.2 Å². The van der Waals surface area contributed by atoms with Crippen molar-refractivity contribution in [3.05, 3.63) is 51.2 Å². The predicted octanol–water partition coefficient (Wildman–Crippen LogP) is 4.39. The van der Waals surface area contributed by atoms with Gasteiger partial charge in [0.2, 0.25) is 0 Å². The van der Waals surface area contributed by atoms with Crippen LogP contribution in [0.4, 0.5) is 5.69 Å². The second kappa shape index (κ2) is 9.21. The lowest BCUT2D eigenvalue weighted by molar-refractivity contribution is -0.136. The van der Waals surface area contributed by atoms with Crippen LogP contribution in [0.25, 0.3) is 0 Å². The predicted molar refractivity (Wildman–Crippen MR) is 116 cm³/mol. The van der Waals surface area contributed by atoms with E-state index < -0.39 is 5.97 Å². The summed E-state index contributed by atoms with van der Waals surface area (Å²) in [6.45, 7) is 2.05. The number of carbonyl (C=O) groups is 1. The zero-order valence-electron chi connectivity index (χ0n) is 15.6. The van der Waals surface area contributed by atoms with Crippen LogP contribution in [0.3, 0.4) is 0 Å². The van der Waals surface area contributed by atoms with Gasteiger partial charge in [0.1, 0.15) is 17.8 Å². The summed E-state index contributed by atoms with van der Waals surface area (Å²) < 4.78 is 0.678. The highest BCUT2D eigenvalue weighted by Crippen LogP contribution is 2.32. The van der Waals surface area contributed by atoms with Crippen molar-refractivity contribution in [3.8, 4) is 0 Å². The third kappa shape index (κ3) is 5.81. The number of benzene rings is 1. The van der Waals surface area contributed by atoms with E-state index in [-0.39, 0.29) is 12.6 Å². The molecule has 1 aliphatic carbocycles. The lowest BCUT2D eigenvalue weighted by atomic mass is 10.1. The summed E-state index contributed by atoms with van der Waals surface area (Å²) in [7, 11) is 0. The monoisotopic (exact) mass is 418 g/mol. The van der Waals surface area contributed by atoms with Crippen molar-refractivity contribution in [3.63, 3.8) is 0 Å². The van der Waals surface area contributed by atoms with Gasteiger partial charge in [0.15, 0.2) is 0 Å². The van der Waals surface area contributed by atoms with E-state index in [1.165, 1.54) is 11.3 Å². The Morgan fingerprint density at radius 2 is 2.04 bits per heavy atom. The van der Waals surface area contributed by atoms with Crippen LogP contribution in [-0.4, -0.2) is 28.9 Å². The molecule has 8 heteroatoms. The number of aliphatic imine (C=N–C) groups is 2. The lowest BCUT2D eigenvalue weighted by Gasteiger charge is -2.16. The zero-order valence-corrected chi connectivity index (χ0v) is 17.1. The SMILES string of the molecule is CCC(N=C(N=C(N)c1ccc(Cl)s1)C1CC1)Nc1ccc(CC(=O)O)cc1. The van der Waals surface area contributed by atoms with E-state index in [1.54, 1.807) is 0 Å². The Morgan fingerprint density at radius 3 is 2.57 bits per heavy atom. The molecule has 1 unspecified atom stereocenters. The third-order valence-corrected chi connectivity index (χ3v) is 5.57. The van der Waals surface area contributed by atoms with Crippen molar-refractivity contribution in [2.45, 2.75) is 38.8 Å². The molecule has 148 valence electrons. The molecule has 3 rings (SSSR count). The van der Waals surface area contributed by atoms with Crippen molar-refractivity contribution in [1.82, 2.24) is 0 Å². The molecule has 2 aromatic rings. The van der Waals surface area contributed by atoms with E-state index in [0.29, 0.717) is 16.1 Å². The second-order valence-electron chi connectivity index (χ2n) is 6.70. The number of anilines is 1. The van der Waals surface area contributed by atoms with Crippen LogP contribution in [0.5, 0.6) is 0 Å². The van der Waals surface area contributed by atoms with Gasteiger partial charge >= 0.3 is 5.97 Å². The lowest BCUT2D eigenvalue weighted by Crippen LogP contribution is -2.21. The minimum atomic E-state index is -0.840. The molecule has 1 aromatic heterocycles. The molecular weight excluding hydrogens is 396 g/mol. The Labute approximate surface area is 173 Å². The summed E-state index contributed by atoms with van der Waals surface area (Å²) in [5.41, 5.74) is 7.81.